The van der Waals surface area contributed by atoms with E-state index in [9.17, 15) is 14.7 Å². The molecule has 2 unspecified atom stereocenters. The van der Waals surface area contributed by atoms with Crippen LogP contribution in [0.15, 0.2) is 84.6 Å². The van der Waals surface area contributed by atoms with Gasteiger partial charge >= 0.3 is 5.97 Å². The van der Waals surface area contributed by atoms with E-state index in [0.29, 0.717) is 25.1 Å². The number of aromatic nitrogens is 1. The molecule has 0 aliphatic heterocycles. The Labute approximate surface area is 218 Å². The van der Waals surface area contributed by atoms with Crippen molar-refractivity contribution in [1.29, 1.82) is 0 Å². The molecule has 0 bridgehead atoms. The zero-order valence-corrected chi connectivity index (χ0v) is 21.7. The number of pyridine rings is 1. The van der Waals surface area contributed by atoms with Gasteiger partial charge in [0, 0.05) is 30.8 Å². The smallest absolute Gasteiger partial charge is 0.307 e. The number of aliphatic carboxylic acids is 1. The molecule has 1 aliphatic rings. The van der Waals surface area contributed by atoms with Crippen molar-refractivity contribution in [3.05, 3.63) is 107 Å². The van der Waals surface area contributed by atoms with E-state index >= 15 is 0 Å². The van der Waals surface area contributed by atoms with E-state index in [1.165, 1.54) is 0 Å². The highest BCUT2D eigenvalue weighted by Crippen LogP contribution is 2.44. The second-order valence-electron chi connectivity index (χ2n) is 10.7. The first-order valence-corrected chi connectivity index (χ1v) is 12.7. The van der Waals surface area contributed by atoms with Crippen molar-refractivity contribution in [2.24, 2.45) is 11.3 Å². The summed E-state index contributed by atoms with van der Waals surface area (Å²) in [5, 5.41) is 16.5. The van der Waals surface area contributed by atoms with Gasteiger partial charge in [-0.25, -0.2) is 4.98 Å². The van der Waals surface area contributed by atoms with Crippen LogP contribution in [0.2, 0.25) is 0 Å². The van der Waals surface area contributed by atoms with E-state index in [1.807, 2.05) is 69.3 Å². The number of nitrogens with zero attached hydrogens (tertiary/aromatic N) is 1. The average Bonchev–Trinajstić information content (AvgIpc) is 3.05. The number of carboxylic acids is 1. The van der Waals surface area contributed by atoms with Crippen molar-refractivity contribution in [3.63, 3.8) is 0 Å². The predicted molar refractivity (Wildman–Crippen MR) is 147 cm³/mol. The number of carbonyl (C=O) groups excluding carboxylic acids is 1. The number of carbonyl (C=O) groups is 2. The molecule has 0 saturated carbocycles. The van der Waals surface area contributed by atoms with Crippen LogP contribution in [0.1, 0.15) is 60.2 Å². The lowest BCUT2D eigenvalue weighted by Crippen LogP contribution is -2.35. The molecule has 0 spiro atoms. The number of benzene rings is 2. The van der Waals surface area contributed by atoms with Crippen molar-refractivity contribution in [1.82, 2.24) is 10.3 Å². The van der Waals surface area contributed by atoms with Crippen LogP contribution < -0.4 is 10.6 Å². The van der Waals surface area contributed by atoms with E-state index in [4.69, 9.17) is 0 Å². The number of rotatable bonds is 8. The molecule has 1 amide bonds. The average molecular weight is 498 g/mol. The molecule has 3 N–H and O–H groups in total. The summed E-state index contributed by atoms with van der Waals surface area (Å²) in [5.41, 5.74) is 4.46. The minimum absolute atomic E-state index is 0.149. The third-order valence-electron chi connectivity index (χ3n) is 6.95. The fourth-order valence-electron chi connectivity index (χ4n) is 5.18. The first kappa shape index (κ1) is 26.1. The lowest BCUT2D eigenvalue weighted by molar-refractivity contribution is -0.146. The van der Waals surface area contributed by atoms with Gasteiger partial charge in [-0.2, -0.15) is 0 Å². The van der Waals surface area contributed by atoms with Crippen LogP contribution in [-0.2, 0) is 17.8 Å². The molecule has 0 saturated heterocycles. The van der Waals surface area contributed by atoms with Gasteiger partial charge in [0.15, 0.2) is 0 Å². The van der Waals surface area contributed by atoms with Gasteiger partial charge in [0.05, 0.1) is 5.92 Å². The maximum atomic E-state index is 13.0. The Bertz CT molecular complexity index is 1280. The topological polar surface area (TPSA) is 91.3 Å². The molecule has 4 rings (SSSR count). The molecule has 2 aromatic carbocycles. The van der Waals surface area contributed by atoms with Crippen LogP contribution in [0, 0.1) is 11.3 Å². The van der Waals surface area contributed by atoms with Gasteiger partial charge in [-0.1, -0.05) is 74.9 Å². The highest BCUT2D eigenvalue weighted by molar-refractivity contribution is 5.94. The number of fused-ring (bicyclic) bond motifs is 1. The monoisotopic (exact) mass is 497 g/mol. The number of nitrogens with one attached hydrogen (secondary N) is 2. The molecule has 1 aromatic heterocycles. The van der Waals surface area contributed by atoms with Gasteiger partial charge < -0.3 is 15.7 Å². The Morgan fingerprint density at radius 2 is 1.81 bits per heavy atom. The van der Waals surface area contributed by atoms with Crippen LogP contribution in [0.3, 0.4) is 0 Å². The van der Waals surface area contributed by atoms with E-state index in [2.05, 4.69) is 33.8 Å². The predicted octanol–water partition coefficient (Wildman–Crippen LogP) is 5.83. The molecule has 6 nitrogen and oxygen atoms in total. The van der Waals surface area contributed by atoms with Crippen LogP contribution in [-0.4, -0.2) is 28.5 Å². The standard InChI is InChI=1S/C31H35N3O3/c1-31(2,3)28(30(36)37)26-18-22(14-15-23-10-4-5-12-25(23)26)20-34-29(35)24-11-8-9-21(17-24)19-33-27-13-6-7-16-32-27/h4-14,16-17,26,28H,15,18-20H2,1-3H3,(H,32,33)(H,34,35)(H,36,37). The van der Waals surface area contributed by atoms with Gasteiger partial charge in [0.1, 0.15) is 5.82 Å². The third-order valence-corrected chi connectivity index (χ3v) is 6.95. The summed E-state index contributed by atoms with van der Waals surface area (Å²) >= 11 is 0. The second-order valence-corrected chi connectivity index (χ2v) is 10.7. The zero-order chi connectivity index (χ0) is 26.4. The van der Waals surface area contributed by atoms with Crippen molar-refractivity contribution in [2.45, 2.75) is 46.1 Å². The Kier molecular flexibility index (Phi) is 8.07. The van der Waals surface area contributed by atoms with Crippen LogP contribution in [0.4, 0.5) is 5.82 Å². The van der Waals surface area contributed by atoms with Crippen molar-refractivity contribution in [2.75, 3.05) is 11.9 Å². The highest BCUT2D eigenvalue weighted by Gasteiger charge is 2.40. The summed E-state index contributed by atoms with van der Waals surface area (Å²) < 4.78 is 0. The lowest BCUT2D eigenvalue weighted by Gasteiger charge is -2.35. The summed E-state index contributed by atoms with van der Waals surface area (Å²) in [5.74, 6) is -0.865. The molecular weight excluding hydrogens is 462 g/mol. The van der Waals surface area contributed by atoms with E-state index in [0.717, 1.165) is 34.5 Å². The Hall–Kier alpha value is -3.93. The van der Waals surface area contributed by atoms with Gasteiger partial charge in [0.25, 0.3) is 5.91 Å². The first-order chi connectivity index (χ1) is 17.7. The number of anilines is 1. The van der Waals surface area contributed by atoms with Gasteiger partial charge in [-0.05, 0) is 59.2 Å². The molecule has 37 heavy (non-hydrogen) atoms. The van der Waals surface area contributed by atoms with E-state index < -0.39 is 17.3 Å². The molecule has 0 radical (unpaired) electrons. The van der Waals surface area contributed by atoms with Gasteiger partial charge in [0.2, 0.25) is 0 Å². The zero-order valence-electron chi connectivity index (χ0n) is 21.7. The van der Waals surface area contributed by atoms with E-state index in [1.54, 1.807) is 12.3 Å². The molecule has 6 heteroatoms. The Morgan fingerprint density at radius 3 is 2.54 bits per heavy atom. The fraction of sp³-hybridized carbons (Fsp3) is 0.323. The summed E-state index contributed by atoms with van der Waals surface area (Å²) in [7, 11) is 0. The van der Waals surface area contributed by atoms with Crippen molar-refractivity contribution < 1.29 is 14.7 Å². The Balaban J connectivity index is 1.46. The molecule has 192 valence electrons. The maximum Gasteiger partial charge on any atom is 0.307 e. The van der Waals surface area contributed by atoms with Crippen molar-refractivity contribution in [3.8, 4) is 0 Å². The van der Waals surface area contributed by atoms with Crippen LogP contribution in [0.25, 0.3) is 0 Å². The summed E-state index contributed by atoms with van der Waals surface area (Å²) in [4.78, 5) is 29.7. The lowest BCUT2D eigenvalue weighted by atomic mass is 9.68. The number of hydrogen-bond donors (Lipinski definition) is 3. The normalized spacial score (nSPS) is 16.1. The number of carboxylic acid groups (broad SMARTS) is 1. The second kappa shape index (κ2) is 11.4. The SMILES string of the molecule is CC(C)(C)C(C(=O)O)C1CC(CNC(=O)c2cccc(CNc3ccccn3)c2)=CCc2ccccc21. The number of allylic oxidation sites excluding steroid dienone is 1. The van der Waals surface area contributed by atoms with Crippen LogP contribution in [0.5, 0.6) is 0 Å². The highest BCUT2D eigenvalue weighted by atomic mass is 16.4. The van der Waals surface area contributed by atoms with Gasteiger partial charge in [-0.15, -0.1) is 0 Å². The molecule has 1 aliphatic carbocycles. The number of amides is 1. The third kappa shape index (κ3) is 6.64. The summed E-state index contributed by atoms with van der Waals surface area (Å²) in [6, 6.07) is 21.3. The Morgan fingerprint density at radius 1 is 1.03 bits per heavy atom. The molecule has 0 fully saturated rings. The maximum absolute atomic E-state index is 13.0. The fourth-order valence-corrected chi connectivity index (χ4v) is 5.18. The van der Waals surface area contributed by atoms with Crippen LogP contribution >= 0.6 is 0 Å². The minimum atomic E-state index is -0.784. The molecule has 3 aromatic rings. The largest absolute Gasteiger partial charge is 0.481 e. The summed E-state index contributed by atoms with van der Waals surface area (Å²) in [6.07, 6.45) is 5.20. The first-order valence-electron chi connectivity index (χ1n) is 12.7. The molecule has 2 atom stereocenters. The molecule has 1 heterocycles. The summed E-state index contributed by atoms with van der Waals surface area (Å²) in [6.45, 7) is 6.91. The quantitative estimate of drug-likeness (QED) is 0.341. The minimum Gasteiger partial charge on any atom is -0.481 e. The molecular formula is C31H35N3O3. The van der Waals surface area contributed by atoms with Gasteiger partial charge in [-0.3, -0.25) is 9.59 Å². The van der Waals surface area contributed by atoms with E-state index in [-0.39, 0.29) is 11.8 Å². The number of hydrogen-bond acceptors (Lipinski definition) is 4. The van der Waals surface area contributed by atoms with Crippen molar-refractivity contribution >= 4 is 17.7 Å².